The molecule has 16 heavy (non-hydrogen) atoms. The van der Waals surface area contributed by atoms with Gasteiger partial charge in [0, 0.05) is 12.2 Å². The van der Waals surface area contributed by atoms with E-state index in [0.717, 1.165) is 24.7 Å². The van der Waals surface area contributed by atoms with E-state index in [9.17, 15) is 4.79 Å². The number of allylic oxidation sites excluding steroid dienone is 2. The lowest BCUT2D eigenvalue weighted by atomic mass is 10.7. The van der Waals surface area contributed by atoms with Gasteiger partial charge in [0.1, 0.15) is 0 Å². The summed E-state index contributed by atoms with van der Waals surface area (Å²) in [5.41, 5.74) is 0. The number of rotatable bonds is 2. The fraction of sp³-hybridized carbons (Fsp3) is 0.286. The lowest BCUT2D eigenvalue weighted by Gasteiger charge is -2.03. The summed E-state index contributed by atoms with van der Waals surface area (Å²) < 4.78 is 5.40. The van der Waals surface area contributed by atoms with Crippen molar-refractivity contribution in [3.05, 3.63) is 24.7 Å². The minimum atomic E-state index is -1.66. The number of halogens is 6. The topological polar surface area (TPSA) is 35.5 Å². The second-order valence-electron chi connectivity index (χ2n) is 2.17. The second kappa shape index (κ2) is 7.04. The normalized spacial score (nSPS) is 13.4. The third kappa shape index (κ3) is 12.6. The second-order valence-corrected chi connectivity index (χ2v) is 6.91. The van der Waals surface area contributed by atoms with Crippen molar-refractivity contribution in [1.82, 2.24) is 0 Å². The highest BCUT2D eigenvalue weighted by Crippen LogP contribution is 2.28. The zero-order chi connectivity index (χ0) is 12.8. The van der Waals surface area contributed by atoms with Crippen molar-refractivity contribution < 1.29 is 14.3 Å². The highest BCUT2D eigenvalue weighted by molar-refractivity contribution is 6.69. The van der Waals surface area contributed by atoms with Gasteiger partial charge in [-0.3, -0.25) is 0 Å². The monoisotopic (exact) mass is 346 g/mol. The zero-order valence-electron chi connectivity index (χ0n) is 7.30. The molecule has 0 aliphatic heterocycles. The Balaban J connectivity index is 3.94. The van der Waals surface area contributed by atoms with Crippen LogP contribution in [0.4, 0.5) is 4.79 Å². The minimum Gasteiger partial charge on any atom is -0.403 e. The van der Waals surface area contributed by atoms with Gasteiger partial charge in [-0.2, -0.15) is 0 Å². The molecule has 92 valence electrons. The molecule has 0 aromatic carbocycles. The Morgan fingerprint density at radius 3 is 1.38 bits per heavy atom. The molecule has 3 nitrogen and oxygen atoms in total. The maximum Gasteiger partial charge on any atom is 0.518 e. The SMILES string of the molecule is O=C(OC=CC(Cl)(Cl)Cl)OC=CC(Cl)(Cl)Cl. The van der Waals surface area contributed by atoms with Crippen molar-refractivity contribution in [2.75, 3.05) is 0 Å². The summed E-state index contributed by atoms with van der Waals surface area (Å²) in [6, 6.07) is 0. The van der Waals surface area contributed by atoms with Crippen LogP contribution < -0.4 is 0 Å². The first-order valence-corrected chi connectivity index (χ1v) is 5.73. The van der Waals surface area contributed by atoms with E-state index in [0.29, 0.717) is 0 Å². The number of hydrogen-bond acceptors (Lipinski definition) is 3. The maximum absolute atomic E-state index is 10.8. The summed E-state index contributed by atoms with van der Waals surface area (Å²) in [5, 5.41) is 0. The molecular formula is C7H4Cl6O3. The van der Waals surface area contributed by atoms with Crippen LogP contribution in [0.15, 0.2) is 24.7 Å². The first-order chi connectivity index (χ1) is 7.10. The van der Waals surface area contributed by atoms with Crippen molar-refractivity contribution >= 4 is 75.8 Å². The highest BCUT2D eigenvalue weighted by atomic mass is 35.6. The molecule has 0 heterocycles. The van der Waals surface area contributed by atoms with Gasteiger partial charge in [-0.05, 0) is 0 Å². The van der Waals surface area contributed by atoms with Gasteiger partial charge in [0.2, 0.25) is 7.59 Å². The van der Waals surface area contributed by atoms with Crippen molar-refractivity contribution in [1.29, 1.82) is 0 Å². The molecule has 0 aromatic rings. The first-order valence-electron chi connectivity index (χ1n) is 3.46. The van der Waals surface area contributed by atoms with Crippen LogP contribution in [0.3, 0.4) is 0 Å². The Bertz CT molecular complexity index is 259. The van der Waals surface area contributed by atoms with E-state index in [1.165, 1.54) is 0 Å². The predicted molar refractivity (Wildman–Crippen MR) is 66.4 cm³/mol. The van der Waals surface area contributed by atoms with E-state index in [1.54, 1.807) is 0 Å². The molecular weight excluding hydrogens is 345 g/mol. The van der Waals surface area contributed by atoms with Crippen LogP contribution in [-0.4, -0.2) is 13.7 Å². The van der Waals surface area contributed by atoms with Crippen molar-refractivity contribution in [3.8, 4) is 0 Å². The Morgan fingerprint density at radius 2 is 1.12 bits per heavy atom. The molecule has 9 heteroatoms. The van der Waals surface area contributed by atoms with Gasteiger partial charge in [-0.25, -0.2) is 4.79 Å². The van der Waals surface area contributed by atoms with Crippen LogP contribution in [0.25, 0.3) is 0 Å². The largest absolute Gasteiger partial charge is 0.518 e. The van der Waals surface area contributed by atoms with E-state index in [-0.39, 0.29) is 0 Å². The lowest BCUT2D eigenvalue weighted by Crippen LogP contribution is -2.02. The van der Waals surface area contributed by atoms with Crippen LogP contribution in [0.5, 0.6) is 0 Å². The van der Waals surface area contributed by atoms with E-state index in [2.05, 4.69) is 9.47 Å². The molecule has 0 aromatic heterocycles. The summed E-state index contributed by atoms with van der Waals surface area (Å²) in [6.07, 6.45) is 2.67. The number of ether oxygens (including phenoxy) is 2. The molecule has 0 N–H and O–H groups in total. The Kier molecular flexibility index (Phi) is 7.26. The fourth-order valence-corrected chi connectivity index (χ4v) is 0.670. The molecule has 0 bridgehead atoms. The zero-order valence-corrected chi connectivity index (χ0v) is 11.8. The Labute approximate surface area is 122 Å². The average Bonchev–Trinajstić information content (AvgIpc) is 1.98. The van der Waals surface area contributed by atoms with Crippen molar-refractivity contribution in [2.45, 2.75) is 7.59 Å². The molecule has 0 rings (SSSR count). The van der Waals surface area contributed by atoms with Gasteiger partial charge in [-0.1, -0.05) is 69.6 Å². The molecule has 0 saturated heterocycles. The molecule has 0 fully saturated rings. The summed E-state index contributed by atoms with van der Waals surface area (Å²) in [6.45, 7) is 0. The fourth-order valence-electron chi connectivity index (χ4n) is 0.361. The van der Waals surface area contributed by atoms with Gasteiger partial charge in [0.25, 0.3) is 0 Å². The van der Waals surface area contributed by atoms with Crippen LogP contribution in [-0.2, 0) is 9.47 Å². The predicted octanol–water partition coefficient (Wildman–Crippen LogP) is 4.91. The number of carbonyl (C=O) groups is 1. The highest BCUT2D eigenvalue weighted by Gasteiger charge is 2.15. The summed E-state index contributed by atoms with van der Waals surface area (Å²) in [5.74, 6) is 0. The summed E-state index contributed by atoms with van der Waals surface area (Å²) >= 11 is 32.0. The Hall–Kier alpha value is 0.490. The summed E-state index contributed by atoms with van der Waals surface area (Å²) in [7, 11) is 0. The third-order valence-corrected chi connectivity index (χ3v) is 1.60. The first kappa shape index (κ1) is 16.5. The molecule has 0 spiro atoms. The number of hydrogen-bond donors (Lipinski definition) is 0. The van der Waals surface area contributed by atoms with Crippen molar-refractivity contribution in [2.24, 2.45) is 0 Å². The lowest BCUT2D eigenvalue weighted by molar-refractivity contribution is 0.119. The average molecular weight is 349 g/mol. The van der Waals surface area contributed by atoms with E-state index in [1.807, 2.05) is 0 Å². The minimum absolute atomic E-state index is 0.860. The molecule has 0 atom stereocenters. The number of carbonyl (C=O) groups excluding carboxylic acids is 1. The number of alkyl halides is 6. The van der Waals surface area contributed by atoms with Gasteiger partial charge >= 0.3 is 6.16 Å². The van der Waals surface area contributed by atoms with Crippen molar-refractivity contribution in [3.63, 3.8) is 0 Å². The third-order valence-electron chi connectivity index (χ3n) is 0.843. The van der Waals surface area contributed by atoms with Crippen LogP contribution in [0.2, 0.25) is 0 Å². The maximum atomic E-state index is 10.8. The van der Waals surface area contributed by atoms with E-state index in [4.69, 9.17) is 69.6 Å². The molecule has 0 saturated carbocycles. The van der Waals surface area contributed by atoms with Gasteiger partial charge in [0.05, 0.1) is 12.5 Å². The van der Waals surface area contributed by atoms with Gasteiger partial charge in [0.15, 0.2) is 0 Å². The van der Waals surface area contributed by atoms with Crippen LogP contribution in [0.1, 0.15) is 0 Å². The van der Waals surface area contributed by atoms with Gasteiger partial charge in [-0.15, -0.1) is 0 Å². The van der Waals surface area contributed by atoms with Crippen LogP contribution >= 0.6 is 69.6 Å². The van der Waals surface area contributed by atoms with E-state index < -0.39 is 13.7 Å². The standard InChI is InChI=1S/C7H4Cl6O3/c8-6(9,10)1-3-15-5(14)16-4-2-7(11,12)13/h1-4H. The molecule has 0 radical (unpaired) electrons. The van der Waals surface area contributed by atoms with E-state index >= 15 is 0 Å². The molecule has 0 unspecified atom stereocenters. The smallest absolute Gasteiger partial charge is 0.403 e. The quantitative estimate of drug-likeness (QED) is 0.404. The Morgan fingerprint density at radius 1 is 0.812 bits per heavy atom. The molecule has 0 amide bonds. The van der Waals surface area contributed by atoms with Crippen LogP contribution in [0, 0.1) is 0 Å². The molecule has 0 aliphatic rings. The van der Waals surface area contributed by atoms with Gasteiger partial charge < -0.3 is 9.47 Å². The molecule has 0 aliphatic carbocycles. The summed E-state index contributed by atoms with van der Waals surface area (Å²) in [4.78, 5) is 10.8.